The number of benzene rings is 1. The third kappa shape index (κ3) is 4.04. The summed E-state index contributed by atoms with van der Waals surface area (Å²) in [6, 6.07) is 4.71. The lowest BCUT2D eigenvalue weighted by atomic mass is 9.94. The maximum atomic E-state index is 13.6. The number of ether oxygens (including phenoxy) is 2. The molecule has 4 rings (SSSR count). The molecule has 0 spiro atoms. The second-order valence-electron chi connectivity index (χ2n) is 7.88. The first-order valence-corrected chi connectivity index (χ1v) is 10.5. The van der Waals surface area contributed by atoms with Crippen molar-refractivity contribution in [3.05, 3.63) is 53.3 Å². The van der Waals surface area contributed by atoms with Crippen molar-refractivity contribution >= 4 is 11.0 Å². The van der Waals surface area contributed by atoms with Crippen LogP contribution in [0, 0.1) is 5.82 Å². The molecule has 156 valence electrons. The van der Waals surface area contributed by atoms with Gasteiger partial charge in [-0.05, 0) is 50.8 Å². The predicted octanol–water partition coefficient (Wildman–Crippen LogP) is 5.50. The zero-order valence-corrected chi connectivity index (χ0v) is 17.4. The summed E-state index contributed by atoms with van der Waals surface area (Å²) in [7, 11) is 1.72. The quantitative estimate of drug-likeness (QED) is 0.641. The average molecular weight is 400 g/mol. The summed E-state index contributed by atoms with van der Waals surface area (Å²) in [4.78, 5) is 2.36. The van der Waals surface area contributed by atoms with Crippen molar-refractivity contribution in [1.29, 1.82) is 0 Å². The van der Waals surface area contributed by atoms with Crippen LogP contribution in [0.5, 0.6) is 0 Å². The van der Waals surface area contributed by atoms with E-state index in [4.69, 9.17) is 14.0 Å². The maximum Gasteiger partial charge on any atom is 0.170 e. The monoisotopic (exact) mass is 400 g/mol. The van der Waals surface area contributed by atoms with Crippen LogP contribution in [0.15, 0.2) is 46.3 Å². The van der Waals surface area contributed by atoms with Crippen molar-refractivity contribution in [2.24, 2.45) is 0 Å². The molecule has 0 saturated carbocycles. The van der Waals surface area contributed by atoms with Gasteiger partial charge in [-0.25, -0.2) is 4.39 Å². The number of hydrogen-bond donors (Lipinski definition) is 0. The molecular formula is C23H29FN2O3. The van der Waals surface area contributed by atoms with Gasteiger partial charge in [-0.15, -0.1) is 0 Å². The van der Waals surface area contributed by atoms with Gasteiger partial charge >= 0.3 is 0 Å². The molecule has 1 aromatic heterocycles. The van der Waals surface area contributed by atoms with E-state index >= 15 is 0 Å². The van der Waals surface area contributed by atoms with Crippen LogP contribution in [0.1, 0.15) is 57.7 Å². The van der Waals surface area contributed by atoms with E-state index in [9.17, 15) is 4.39 Å². The third-order valence-electron chi connectivity index (χ3n) is 5.96. The summed E-state index contributed by atoms with van der Waals surface area (Å²) in [6.45, 7) is 5.14. The zero-order valence-electron chi connectivity index (χ0n) is 17.4. The van der Waals surface area contributed by atoms with Gasteiger partial charge in [0, 0.05) is 24.4 Å². The molecule has 5 nitrogen and oxygen atoms in total. The van der Waals surface area contributed by atoms with Gasteiger partial charge in [-0.2, -0.15) is 0 Å². The molecule has 2 aromatic rings. The number of halogens is 1. The van der Waals surface area contributed by atoms with E-state index in [0.29, 0.717) is 5.58 Å². The van der Waals surface area contributed by atoms with Crippen molar-refractivity contribution in [2.75, 3.05) is 13.7 Å². The Morgan fingerprint density at radius 2 is 2.21 bits per heavy atom. The number of fused-ring (bicyclic) bond motifs is 1. The average Bonchev–Trinajstić information content (AvgIpc) is 3.16. The van der Waals surface area contributed by atoms with Gasteiger partial charge in [0.1, 0.15) is 17.3 Å². The third-order valence-corrected chi connectivity index (χ3v) is 5.96. The second kappa shape index (κ2) is 8.57. The van der Waals surface area contributed by atoms with Crippen LogP contribution in [0.25, 0.3) is 11.0 Å². The van der Waals surface area contributed by atoms with E-state index in [0.717, 1.165) is 61.2 Å². The Hall–Kier alpha value is -2.34. The molecule has 0 N–H and O–H groups in total. The van der Waals surface area contributed by atoms with Crippen LogP contribution >= 0.6 is 0 Å². The topological polar surface area (TPSA) is 47.7 Å². The molecule has 2 heterocycles. The van der Waals surface area contributed by atoms with E-state index in [-0.39, 0.29) is 24.1 Å². The van der Waals surface area contributed by atoms with Crippen molar-refractivity contribution in [2.45, 2.75) is 64.2 Å². The molecule has 2 aliphatic rings. The Morgan fingerprint density at radius 3 is 3.00 bits per heavy atom. The van der Waals surface area contributed by atoms with E-state index in [1.165, 1.54) is 12.1 Å². The van der Waals surface area contributed by atoms with Crippen LogP contribution in [0.2, 0.25) is 0 Å². The Morgan fingerprint density at radius 1 is 1.34 bits per heavy atom. The normalized spacial score (nSPS) is 23.7. The van der Waals surface area contributed by atoms with Gasteiger partial charge < -0.3 is 18.9 Å². The lowest BCUT2D eigenvalue weighted by Crippen LogP contribution is -2.35. The number of piperidine rings is 1. The first-order chi connectivity index (χ1) is 14.1. The molecule has 1 aromatic carbocycles. The highest BCUT2D eigenvalue weighted by Crippen LogP contribution is 2.39. The minimum atomic E-state index is -0.312. The van der Waals surface area contributed by atoms with Gasteiger partial charge in [-0.1, -0.05) is 18.2 Å². The summed E-state index contributed by atoms with van der Waals surface area (Å²) >= 11 is 0. The number of hydrogen-bond acceptors (Lipinski definition) is 5. The smallest absolute Gasteiger partial charge is 0.170 e. The number of methoxy groups -OCH3 is 1. The van der Waals surface area contributed by atoms with E-state index in [1.807, 2.05) is 0 Å². The fourth-order valence-corrected chi connectivity index (χ4v) is 4.25. The molecule has 0 radical (unpaired) electrons. The first kappa shape index (κ1) is 20.0. The van der Waals surface area contributed by atoms with Crippen molar-refractivity contribution in [3.8, 4) is 0 Å². The number of nitrogens with zero attached hydrogens (tertiary/aromatic N) is 2. The fraction of sp³-hybridized carbons (Fsp3) is 0.522. The van der Waals surface area contributed by atoms with Gasteiger partial charge in [0.15, 0.2) is 5.58 Å². The van der Waals surface area contributed by atoms with E-state index in [2.05, 4.69) is 36.1 Å². The Bertz CT molecular complexity index is 920. The second-order valence-corrected chi connectivity index (χ2v) is 7.88. The van der Waals surface area contributed by atoms with Crippen LogP contribution < -0.4 is 0 Å². The summed E-state index contributed by atoms with van der Waals surface area (Å²) in [5, 5.41) is 5.20. The summed E-state index contributed by atoms with van der Waals surface area (Å²) in [6.07, 6.45) is 9.41. The molecular weight excluding hydrogens is 371 g/mol. The van der Waals surface area contributed by atoms with Crippen LogP contribution in [-0.4, -0.2) is 35.9 Å². The van der Waals surface area contributed by atoms with Gasteiger partial charge in [0.05, 0.1) is 31.1 Å². The van der Waals surface area contributed by atoms with Crippen molar-refractivity contribution in [3.63, 3.8) is 0 Å². The standard InChI is InChI=1S/C23H29FN2O3/c1-4-15(2)28-17-9-11-19(22(14-17)27-3)26-12-6-5-7-20(26)23-18-10-8-16(24)13-21(18)29-25-23/h8-11,13,15,17,20H,4-7,12,14H2,1-3H3. The molecule has 29 heavy (non-hydrogen) atoms. The zero-order chi connectivity index (χ0) is 20.4. The molecule has 0 bridgehead atoms. The number of aromatic nitrogens is 1. The minimum Gasteiger partial charge on any atom is -0.499 e. The SMILES string of the molecule is CCC(C)OC1C=CC(N2CCCCC2c2noc3cc(F)ccc23)=C(OC)C1. The Balaban J connectivity index is 1.64. The highest BCUT2D eigenvalue weighted by atomic mass is 19.1. The summed E-state index contributed by atoms with van der Waals surface area (Å²) < 4.78 is 30.9. The highest BCUT2D eigenvalue weighted by molar-refractivity contribution is 5.79. The molecule has 6 heteroatoms. The van der Waals surface area contributed by atoms with Crippen LogP contribution in [-0.2, 0) is 9.47 Å². The number of likely N-dealkylation sites (tertiary alicyclic amines) is 1. The lowest BCUT2D eigenvalue weighted by molar-refractivity contribution is 0.0133. The van der Waals surface area contributed by atoms with Crippen molar-refractivity contribution in [1.82, 2.24) is 10.1 Å². The molecule has 1 aliphatic carbocycles. The lowest BCUT2D eigenvalue weighted by Gasteiger charge is -2.39. The Labute approximate surface area is 171 Å². The number of rotatable bonds is 6. The predicted molar refractivity (Wildman–Crippen MR) is 110 cm³/mol. The van der Waals surface area contributed by atoms with Gasteiger partial charge in [0.2, 0.25) is 0 Å². The summed E-state index contributed by atoms with van der Waals surface area (Å²) in [5.74, 6) is 0.624. The van der Waals surface area contributed by atoms with E-state index < -0.39 is 0 Å². The van der Waals surface area contributed by atoms with Gasteiger partial charge in [0.25, 0.3) is 0 Å². The molecule has 0 amide bonds. The highest BCUT2D eigenvalue weighted by Gasteiger charge is 2.32. The molecule has 3 unspecified atom stereocenters. The molecule has 3 atom stereocenters. The van der Waals surface area contributed by atoms with Crippen molar-refractivity contribution < 1.29 is 18.4 Å². The minimum absolute atomic E-state index is 0.0303. The Kier molecular flexibility index (Phi) is 5.90. The summed E-state index contributed by atoms with van der Waals surface area (Å²) in [5.41, 5.74) is 2.45. The fourth-order valence-electron chi connectivity index (χ4n) is 4.25. The van der Waals surface area contributed by atoms with Crippen LogP contribution in [0.4, 0.5) is 4.39 Å². The maximum absolute atomic E-state index is 13.6. The van der Waals surface area contributed by atoms with E-state index in [1.54, 1.807) is 13.2 Å². The molecule has 1 fully saturated rings. The molecule has 1 aliphatic heterocycles. The van der Waals surface area contributed by atoms with Gasteiger partial charge in [-0.3, -0.25) is 0 Å². The largest absolute Gasteiger partial charge is 0.499 e. The number of allylic oxidation sites excluding steroid dienone is 1. The van der Waals surface area contributed by atoms with Crippen LogP contribution in [0.3, 0.4) is 0 Å². The molecule has 1 saturated heterocycles. The first-order valence-electron chi connectivity index (χ1n) is 10.5.